The lowest BCUT2D eigenvalue weighted by Crippen LogP contribution is -2.69. The molecule has 1 aromatic rings. The molecular formula is C20H27ClN4O3. The first-order chi connectivity index (χ1) is 13.4. The number of rotatable bonds is 4. The molecule has 28 heavy (non-hydrogen) atoms. The highest BCUT2D eigenvalue weighted by atomic mass is 35.5. The van der Waals surface area contributed by atoms with Crippen LogP contribution in [0.5, 0.6) is 0 Å². The van der Waals surface area contributed by atoms with Crippen molar-refractivity contribution in [2.24, 2.45) is 0 Å². The summed E-state index contributed by atoms with van der Waals surface area (Å²) in [4.78, 5) is 39.6. The number of aryl methyl sites for hydroxylation is 1. The summed E-state index contributed by atoms with van der Waals surface area (Å²) in [6, 6.07) is 4.02. The molecule has 3 N–H and O–H groups in total. The van der Waals surface area contributed by atoms with Crippen LogP contribution in [0.3, 0.4) is 0 Å². The largest absolute Gasteiger partial charge is 0.349 e. The first-order valence-corrected chi connectivity index (χ1v) is 10.2. The Bertz CT molecular complexity index is 770. The maximum absolute atomic E-state index is 12.7. The van der Waals surface area contributed by atoms with E-state index in [9.17, 15) is 14.4 Å². The molecule has 1 saturated carbocycles. The molecule has 7 nitrogen and oxygen atoms in total. The Balaban J connectivity index is 1.76. The summed E-state index contributed by atoms with van der Waals surface area (Å²) in [5.74, 6) is -0.602. The number of anilines is 1. The Labute approximate surface area is 170 Å². The molecule has 0 aromatic heterocycles. The molecule has 4 amide bonds. The van der Waals surface area contributed by atoms with Gasteiger partial charge in [-0.2, -0.15) is 0 Å². The molecule has 1 saturated heterocycles. The fraction of sp³-hybridized carbons (Fsp3) is 0.550. The van der Waals surface area contributed by atoms with Gasteiger partial charge in [0.25, 0.3) is 0 Å². The molecule has 0 radical (unpaired) electrons. The van der Waals surface area contributed by atoms with E-state index in [0.29, 0.717) is 17.3 Å². The van der Waals surface area contributed by atoms with Gasteiger partial charge in [0.05, 0.1) is 12.5 Å². The number of nitrogens with zero attached hydrogens (tertiary/aromatic N) is 1. The molecule has 1 aliphatic carbocycles. The lowest BCUT2D eigenvalue weighted by Gasteiger charge is -2.47. The van der Waals surface area contributed by atoms with Crippen molar-refractivity contribution in [1.82, 2.24) is 15.5 Å². The molecule has 1 aliphatic heterocycles. The zero-order valence-electron chi connectivity index (χ0n) is 16.3. The molecule has 3 rings (SSSR count). The van der Waals surface area contributed by atoms with Gasteiger partial charge >= 0.3 is 6.03 Å². The molecule has 152 valence electrons. The summed E-state index contributed by atoms with van der Waals surface area (Å²) in [5, 5.41) is 9.15. The maximum Gasteiger partial charge on any atom is 0.318 e. The van der Waals surface area contributed by atoms with Crippen molar-refractivity contribution in [3.8, 4) is 0 Å². The third-order valence-electron chi connectivity index (χ3n) is 5.45. The van der Waals surface area contributed by atoms with Crippen molar-refractivity contribution in [3.63, 3.8) is 0 Å². The van der Waals surface area contributed by atoms with Crippen molar-refractivity contribution in [2.75, 3.05) is 11.9 Å². The Morgan fingerprint density at radius 2 is 2.04 bits per heavy atom. The predicted molar refractivity (Wildman–Crippen MR) is 108 cm³/mol. The summed E-state index contributed by atoms with van der Waals surface area (Å²) in [6.45, 7) is 4.18. The second-order valence-electron chi connectivity index (χ2n) is 7.44. The fourth-order valence-corrected chi connectivity index (χ4v) is 4.21. The van der Waals surface area contributed by atoms with Crippen molar-refractivity contribution >= 4 is 35.1 Å². The monoisotopic (exact) mass is 406 g/mol. The lowest BCUT2D eigenvalue weighted by molar-refractivity contribution is -0.135. The molecule has 2 fully saturated rings. The topological polar surface area (TPSA) is 90.5 Å². The predicted octanol–water partition coefficient (Wildman–Crippen LogP) is 2.82. The zero-order chi connectivity index (χ0) is 20.3. The average Bonchev–Trinajstić information content (AvgIpc) is 2.65. The number of hydrogen-bond acceptors (Lipinski definition) is 3. The third-order valence-corrected chi connectivity index (χ3v) is 5.86. The van der Waals surface area contributed by atoms with E-state index in [1.54, 1.807) is 17.0 Å². The first-order valence-electron chi connectivity index (χ1n) is 9.83. The zero-order valence-corrected chi connectivity index (χ0v) is 17.0. The molecule has 1 aromatic carbocycles. The van der Waals surface area contributed by atoms with E-state index in [1.165, 1.54) is 0 Å². The van der Waals surface area contributed by atoms with Gasteiger partial charge in [0, 0.05) is 23.3 Å². The summed E-state index contributed by atoms with van der Waals surface area (Å²) in [5.41, 5.74) is 1.48. The summed E-state index contributed by atoms with van der Waals surface area (Å²) in [7, 11) is 0. The van der Waals surface area contributed by atoms with Crippen LogP contribution in [0.25, 0.3) is 0 Å². The minimum absolute atomic E-state index is 0.0425. The van der Waals surface area contributed by atoms with Gasteiger partial charge in [0.1, 0.15) is 6.04 Å². The van der Waals surface area contributed by atoms with Crippen LogP contribution in [-0.2, 0) is 9.59 Å². The minimum atomic E-state index is -0.827. The van der Waals surface area contributed by atoms with Crippen LogP contribution in [0.15, 0.2) is 18.2 Å². The number of carbonyl (C=O) groups excluding carboxylic acids is 3. The molecule has 3 atom stereocenters. The highest BCUT2D eigenvalue weighted by molar-refractivity contribution is 6.31. The third kappa shape index (κ3) is 4.41. The van der Waals surface area contributed by atoms with Crippen molar-refractivity contribution in [3.05, 3.63) is 28.8 Å². The number of nitrogens with one attached hydrogen (secondary N) is 3. The van der Waals surface area contributed by atoms with Crippen LogP contribution < -0.4 is 16.0 Å². The van der Waals surface area contributed by atoms with Crippen molar-refractivity contribution in [1.29, 1.82) is 0 Å². The molecular weight excluding hydrogens is 380 g/mol. The number of benzene rings is 1. The maximum atomic E-state index is 12.7. The summed E-state index contributed by atoms with van der Waals surface area (Å²) >= 11 is 6.11. The smallest absolute Gasteiger partial charge is 0.318 e. The Hall–Kier alpha value is -2.28. The van der Waals surface area contributed by atoms with Crippen LogP contribution in [0.1, 0.15) is 44.6 Å². The van der Waals surface area contributed by atoms with E-state index >= 15 is 0 Å². The standard InChI is InChI=1S/C20H27ClN4O3/c1-3-22-20(28)25-16-7-5-4-6-15(16)24-19(27)17(25)11-18(26)23-13-9-8-12(2)14(21)10-13/h8-10,15-17H,3-7,11H2,1-2H3,(H,22,28)(H,23,26)(H,24,27)/t15-,16-,17+/m0/s1. The van der Waals surface area contributed by atoms with Gasteiger partial charge in [-0.25, -0.2) is 4.79 Å². The molecule has 1 heterocycles. The van der Waals surface area contributed by atoms with Crippen LogP contribution >= 0.6 is 11.6 Å². The lowest BCUT2D eigenvalue weighted by atomic mass is 9.85. The molecule has 0 bridgehead atoms. The quantitative estimate of drug-likeness (QED) is 0.718. The normalized spacial score (nSPS) is 24.2. The number of amides is 4. The average molecular weight is 407 g/mol. The second kappa shape index (κ2) is 8.82. The van der Waals surface area contributed by atoms with Crippen molar-refractivity contribution in [2.45, 2.75) is 64.1 Å². The van der Waals surface area contributed by atoms with E-state index < -0.39 is 6.04 Å². The van der Waals surface area contributed by atoms with E-state index in [-0.39, 0.29) is 36.3 Å². The van der Waals surface area contributed by atoms with E-state index in [0.717, 1.165) is 31.2 Å². The molecule has 0 unspecified atom stereocenters. The summed E-state index contributed by atoms with van der Waals surface area (Å²) < 4.78 is 0. The molecule has 2 aliphatic rings. The van der Waals surface area contributed by atoms with Gasteiger partial charge in [-0.05, 0) is 44.4 Å². The van der Waals surface area contributed by atoms with Crippen molar-refractivity contribution < 1.29 is 14.4 Å². The number of piperazine rings is 1. The second-order valence-corrected chi connectivity index (χ2v) is 7.85. The highest BCUT2D eigenvalue weighted by Crippen LogP contribution is 2.30. The van der Waals surface area contributed by atoms with Gasteiger partial charge in [-0.3, -0.25) is 9.59 Å². The van der Waals surface area contributed by atoms with Crippen LogP contribution in [-0.4, -0.2) is 47.4 Å². The Kier molecular flexibility index (Phi) is 6.44. The fourth-order valence-electron chi connectivity index (χ4n) is 4.03. The Morgan fingerprint density at radius 1 is 1.29 bits per heavy atom. The molecule has 8 heteroatoms. The van der Waals surface area contributed by atoms with E-state index in [2.05, 4.69) is 16.0 Å². The number of urea groups is 1. The van der Waals surface area contributed by atoms with Gasteiger partial charge in [-0.1, -0.05) is 30.5 Å². The van der Waals surface area contributed by atoms with Gasteiger partial charge in [0.15, 0.2) is 0 Å². The van der Waals surface area contributed by atoms with Gasteiger partial charge in [0.2, 0.25) is 11.8 Å². The Morgan fingerprint density at radius 3 is 2.75 bits per heavy atom. The van der Waals surface area contributed by atoms with Gasteiger partial charge in [-0.15, -0.1) is 0 Å². The van der Waals surface area contributed by atoms with E-state index in [4.69, 9.17) is 11.6 Å². The number of halogens is 1. The molecule has 0 spiro atoms. The summed E-state index contributed by atoms with van der Waals surface area (Å²) in [6.07, 6.45) is 3.62. The van der Waals surface area contributed by atoms with Crippen LogP contribution in [0, 0.1) is 6.92 Å². The van der Waals surface area contributed by atoms with Crippen LogP contribution in [0.4, 0.5) is 10.5 Å². The van der Waals surface area contributed by atoms with Gasteiger partial charge < -0.3 is 20.9 Å². The number of fused-ring (bicyclic) bond motifs is 1. The minimum Gasteiger partial charge on any atom is -0.349 e. The van der Waals surface area contributed by atoms with Crippen LogP contribution in [0.2, 0.25) is 5.02 Å². The number of carbonyl (C=O) groups is 3. The first kappa shape index (κ1) is 20.5. The van der Waals surface area contributed by atoms with E-state index in [1.807, 2.05) is 19.9 Å². The SMILES string of the molecule is CCNC(=O)N1[C@H](CC(=O)Nc2ccc(C)c(Cl)c2)C(=O)N[C@H]2CCCC[C@@H]21. The number of hydrogen-bond donors (Lipinski definition) is 3. The highest BCUT2D eigenvalue weighted by Gasteiger charge is 2.45.